The summed E-state index contributed by atoms with van der Waals surface area (Å²) in [6, 6.07) is 6.82. The summed E-state index contributed by atoms with van der Waals surface area (Å²) in [6.45, 7) is 6.09. The number of amides is 3. The first kappa shape index (κ1) is 22.9. The number of alkyl carbamates (subject to hydrolysis) is 1. The van der Waals surface area contributed by atoms with Crippen molar-refractivity contribution in [3.05, 3.63) is 35.9 Å². The molecule has 9 heteroatoms. The highest BCUT2D eigenvalue weighted by Crippen LogP contribution is 2.06. The number of carboxylic acid groups (broad SMARTS) is 1. The van der Waals surface area contributed by atoms with Crippen molar-refractivity contribution >= 4 is 23.9 Å². The predicted molar refractivity (Wildman–Crippen MR) is 102 cm³/mol. The molecule has 28 heavy (non-hydrogen) atoms. The number of rotatable bonds is 8. The first-order chi connectivity index (χ1) is 13.0. The number of carbonyl (C=O) groups is 4. The lowest BCUT2D eigenvalue weighted by Gasteiger charge is -2.21. The van der Waals surface area contributed by atoms with E-state index in [2.05, 4.69) is 16.0 Å². The molecule has 0 radical (unpaired) electrons. The first-order valence-corrected chi connectivity index (χ1v) is 8.81. The van der Waals surface area contributed by atoms with E-state index >= 15 is 0 Å². The van der Waals surface area contributed by atoms with Crippen LogP contribution in [-0.4, -0.2) is 53.2 Å². The Balaban J connectivity index is 2.47. The second-order valence-electron chi connectivity index (χ2n) is 7.23. The third kappa shape index (κ3) is 9.02. The summed E-state index contributed by atoms with van der Waals surface area (Å²) in [6.07, 6.45) is -0.639. The summed E-state index contributed by atoms with van der Waals surface area (Å²) in [4.78, 5) is 47.0. The van der Waals surface area contributed by atoms with Gasteiger partial charge in [0, 0.05) is 6.42 Å². The van der Waals surface area contributed by atoms with Gasteiger partial charge in [-0.05, 0) is 33.3 Å². The molecule has 9 nitrogen and oxygen atoms in total. The second kappa shape index (κ2) is 10.3. The van der Waals surface area contributed by atoms with Gasteiger partial charge in [-0.2, -0.15) is 0 Å². The Labute approximate surface area is 163 Å². The Morgan fingerprint density at radius 3 is 2.21 bits per heavy atom. The Morgan fingerprint density at radius 2 is 1.68 bits per heavy atom. The zero-order chi connectivity index (χ0) is 21.3. The predicted octanol–water partition coefficient (Wildman–Crippen LogP) is 0.828. The molecule has 0 aliphatic rings. The van der Waals surface area contributed by atoms with Gasteiger partial charge in [-0.1, -0.05) is 30.3 Å². The van der Waals surface area contributed by atoms with E-state index in [-0.39, 0.29) is 6.42 Å². The van der Waals surface area contributed by atoms with Crippen LogP contribution in [0.25, 0.3) is 0 Å². The van der Waals surface area contributed by atoms with Gasteiger partial charge in [-0.25, -0.2) is 9.59 Å². The van der Waals surface area contributed by atoms with Crippen molar-refractivity contribution in [1.29, 1.82) is 0 Å². The molecule has 3 amide bonds. The van der Waals surface area contributed by atoms with E-state index in [9.17, 15) is 24.3 Å². The van der Waals surface area contributed by atoms with E-state index in [0.717, 1.165) is 5.56 Å². The number of hydrogen-bond donors (Lipinski definition) is 4. The summed E-state index contributed by atoms with van der Waals surface area (Å²) in [5.41, 5.74) is 0.0551. The van der Waals surface area contributed by atoms with Crippen molar-refractivity contribution in [2.45, 2.75) is 51.8 Å². The SMILES string of the molecule is C[C@H](NC(=O)OC(C)(C)C)C(=O)NCC(=O)N[C@@H](Cc1ccccc1)C(=O)O. The van der Waals surface area contributed by atoms with Crippen LogP contribution in [0.3, 0.4) is 0 Å². The van der Waals surface area contributed by atoms with Crippen molar-refractivity contribution in [1.82, 2.24) is 16.0 Å². The molecule has 154 valence electrons. The highest BCUT2D eigenvalue weighted by atomic mass is 16.6. The molecule has 0 fully saturated rings. The minimum atomic E-state index is -1.18. The normalized spacial score (nSPS) is 13.0. The van der Waals surface area contributed by atoms with Crippen LogP contribution in [0.15, 0.2) is 30.3 Å². The molecule has 1 aromatic carbocycles. The number of ether oxygens (including phenoxy) is 1. The lowest BCUT2D eigenvalue weighted by atomic mass is 10.1. The lowest BCUT2D eigenvalue weighted by molar-refractivity contribution is -0.141. The smallest absolute Gasteiger partial charge is 0.408 e. The number of carbonyl (C=O) groups excluding carboxylic acids is 3. The molecule has 0 unspecified atom stereocenters. The number of benzene rings is 1. The van der Waals surface area contributed by atoms with Crippen LogP contribution in [-0.2, 0) is 25.5 Å². The van der Waals surface area contributed by atoms with Gasteiger partial charge in [0.2, 0.25) is 11.8 Å². The fourth-order valence-corrected chi connectivity index (χ4v) is 2.17. The molecular weight excluding hydrogens is 366 g/mol. The highest BCUT2D eigenvalue weighted by molar-refractivity contribution is 5.90. The summed E-state index contributed by atoms with van der Waals surface area (Å²) < 4.78 is 5.05. The fraction of sp³-hybridized carbons (Fsp3) is 0.474. The zero-order valence-corrected chi connectivity index (χ0v) is 16.4. The van der Waals surface area contributed by atoms with Gasteiger partial charge in [0.05, 0.1) is 6.54 Å². The van der Waals surface area contributed by atoms with Crippen molar-refractivity contribution < 1.29 is 29.0 Å². The summed E-state index contributed by atoms with van der Waals surface area (Å²) in [5, 5.41) is 16.3. The van der Waals surface area contributed by atoms with Gasteiger partial charge in [0.15, 0.2) is 0 Å². The summed E-state index contributed by atoms with van der Waals surface area (Å²) in [7, 11) is 0. The molecule has 0 heterocycles. The number of nitrogens with one attached hydrogen (secondary N) is 3. The van der Waals surface area contributed by atoms with Crippen LogP contribution < -0.4 is 16.0 Å². The van der Waals surface area contributed by atoms with E-state index in [0.29, 0.717) is 0 Å². The largest absolute Gasteiger partial charge is 0.480 e. The van der Waals surface area contributed by atoms with Gasteiger partial charge < -0.3 is 25.8 Å². The monoisotopic (exact) mass is 393 g/mol. The molecule has 0 saturated heterocycles. The minimum Gasteiger partial charge on any atom is -0.480 e. The molecular formula is C19H27N3O6. The van der Waals surface area contributed by atoms with Crippen LogP contribution >= 0.6 is 0 Å². The van der Waals surface area contributed by atoms with Crippen molar-refractivity contribution in [2.75, 3.05) is 6.54 Å². The van der Waals surface area contributed by atoms with Gasteiger partial charge in [-0.3, -0.25) is 9.59 Å². The summed E-state index contributed by atoms with van der Waals surface area (Å²) >= 11 is 0. The third-order valence-corrected chi connectivity index (χ3v) is 3.47. The summed E-state index contributed by atoms with van der Waals surface area (Å²) in [5.74, 6) is -2.43. The van der Waals surface area contributed by atoms with E-state index < -0.39 is 48.1 Å². The number of hydrogen-bond acceptors (Lipinski definition) is 5. The van der Waals surface area contributed by atoms with Gasteiger partial charge in [0.25, 0.3) is 0 Å². The van der Waals surface area contributed by atoms with Gasteiger partial charge in [-0.15, -0.1) is 0 Å². The highest BCUT2D eigenvalue weighted by Gasteiger charge is 2.23. The molecule has 2 atom stereocenters. The van der Waals surface area contributed by atoms with Gasteiger partial charge >= 0.3 is 12.1 Å². The molecule has 0 aromatic heterocycles. The molecule has 0 aliphatic heterocycles. The van der Waals surface area contributed by atoms with Crippen LogP contribution in [0.4, 0.5) is 4.79 Å². The van der Waals surface area contributed by atoms with Crippen LogP contribution in [0.2, 0.25) is 0 Å². The first-order valence-electron chi connectivity index (χ1n) is 8.81. The number of carboxylic acids is 1. The molecule has 0 aliphatic carbocycles. The Bertz CT molecular complexity index is 699. The quantitative estimate of drug-likeness (QED) is 0.517. The van der Waals surface area contributed by atoms with Crippen LogP contribution in [0.1, 0.15) is 33.3 Å². The van der Waals surface area contributed by atoms with Crippen molar-refractivity contribution in [3.63, 3.8) is 0 Å². The van der Waals surface area contributed by atoms with Crippen molar-refractivity contribution in [3.8, 4) is 0 Å². The topological polar surface area (TPSA) is 134 Å². The van der Waals surface area contributed by atoms with Crippen LogP contribution in [0.5, 0.6) is 0 Å². The molecule has 4 N–H and O–H groups in total. The van der Waals surface area contributed by atoms with E-state index in [4.69, 9.17) is 4.74 Å². The van der Waals surface area contributed by atoms with E-state index in [1.807, 2.05) is 0 Å². The molecule has 0 spiro atoms. The van der Waals surface area contributed by atoms with Crippen molar-refractivity contribution in [2.24, 2.45) is 0 Å². The maximum atomic E-state index is 12.0. The Hall–Kier alpha value is -3.10. The van der Waals surface area contributed by atoms with Crippen LogP contribution in [0, 0.1) is 0 Å². The molecule has 0 saturated carbocycles. The minimum absolute atomic E-state index is 0.118. The average Bonchev–Trinajstić information content (AvgIpc) is 2.58. The molecule has 1 rings (SSSR count). The maximum absolute atomic E-state index is 12.0. The Kier molecular flexibility index (Phi) is 8.43. The van der Waals surface area contributed by atoms with Gasteiger partial charge in [0.1, 0.15) is 17.7 Å². The average molecular weight is 393 g/mol. The molecule has 1 aromatic rings. The number of aliphatic carboxylic acids is 1. The molecule has 0 bridgehead atoms. The van der Waals surface area contributed by atoms with E-state index in [1.165, 1.54) is 6.92 Å². The third-order valence-electron chi connectivity index (χ3n) is 3.47. The fourth-order valence-electron chi connectivity index (χ4n) is 2.17. The maximum Gasteiger partial charge on any atom is 0.408 e. The zero-order valence-electron chi connectivity index (χ0n) is 16.4. The Morgan fingerprint density at radius 1 is 1.07 bits per heavy atom. The van der Waals surface area contributed by atoms with E-state index in [1.54, 1.807) is 51.1 Å². The lowest BCUT2D eigenvalue weighted by Crippen LogP contribution is -2.50. The second-order valence-corrected chi connectivity index (χ2v) is 7.23. The standard InChI is InChI=1S/C19H27N3O6/c1-12(21-18(27)28-19(2,3)4)16(24)20-11-15(23)22-14(17(25)26)10-13-8-6-5-7-9-13/h5-9,12,14H,10-11H2,1-4H3,(H,20,24)(H,21,27)(H,22,23)(H,25,26)/t12-,14-/m0/s1.